The van der Waals surface area contributed by atoms with Gasteiger partial charge in [-0.2, -0.15) is 4.98 Å². The van der Waals surface area contributed by atoms with Crippen LogP contribution in [0.5, 0.6) is 0 Å². The number of rotatable bonds is 2. The molecule has 0 bridgehead atoms. The fourth-order valence-corrected chi connectivity index (χ4v) is 0.674. The molecule has 0 atom stereocenters. The van der Waals surface area contributed by atoms with Crippen LogP contribution in [0, 0.1) is 0 Å². The largest absolute Gasteiger partial charge is 0.395 e. The first kappa shape index (κ1) is 7.67. The highest BCUT2D eigenvalue weighted by molar-refractivity contribution is 4.67. The van der Waals surface area contributed by atoms with Gasteiger partial charge in [-0.1, -0.05) is 0 Å². The van der Waals surface area contributed by atoms with Crippen LogP contribution in [0.3, 0.4) is 0 Å². The lowest BCUT2D eigenvalue weighted by Gasteiger charge is -1.96. The van der Waals surface area contributed by atoms with Gasteiger partial charge in [-0.25, -0.2) is 14.2 Å². The van der Waals surface area contributed by atoms with Crippen molar-refractivity contribution < 1.29 is 5.11 Å². The van der Waals surface area contributed by atoms with Crippen LogP contribution in [0.2, 0.25) is 0 Å². The van der Waals surface area contributed by atoms with E-state index in [0.29, 0.717) is 0 Å². The van der Waals surface area contributed by atoms with Gasteiger partial charge in [0.2, 0.25) is 0 Å². The molecule has 2 N–H and O–H groups in total. The van der Waals surface area contributed by atoms with Gasteiger partial charge >= 0.3 is 11.4 Å². The molecule has 6 nitrogen and oxygen atoms in total. The van der Waals surface area contributed by atoms with Crippen molar-refractivity contribution in [3.63, 3.8) is 0 Å². The molecule has 60 valence electrons. The van der Waals surface area contributed by atoms with Crippen molar-refractivity contribution in [3.8, 4) is 0 Å². The number of hydrogen-bond acceptors (Lipinski definition) is 4. The van der Waals surface area contributed by atoms with Crippen LogP contribution >= 0.6 is 0 Å². The fraction of sp³-hybridized carbons (Fsp3) is 0.400. The Morgan fingerprint density at radius 2 is 2.36 bits per heavy atom. The minimum atomic E-state index is -0.650. The normalized spacial score (nSPS) is 9.91. The SMILES string of the molecule is O=c1nc[nH]c(=O)n1CCO. The highest BCUT2D eigenvalue weighted by atomic mass is 16.3. The van der Waals surface area contributed by atoms with E-state index in [1.54, 1.807) is 0 Å². The summed E-state index contributed by atoms with van der Waals surface area (Å²) in [6.07, 6.45) is 1.03. The minimum absolute atomic E-state index is 0.0258. The number of aromatic amines is 1. The van der Waals surface area contributed by atoms with Gasteiger partial charge in [0.1, 0.15) is 6.33 Å². The number of nitrogens with zero attached hydrogens (tertiary/aromatic N) is 2. The maximum absolute atomic E-state index is 10.8. The average Bonchev–Trinajstić information content (AvgIpc) is 1.97. The Morgan fingerprint density at radius 3 is 2.91 bits per heavy atom. The Labute approximate surface area is 61.1 Å². The van der Waals surface area contributed by atoms with Crippen molar-refractivity contribution in [2.45, 2.75) is 6.54 Å². The summed E-state index contributed by atoms with van der Waals surface area (Å²) in [4.78, 5) is 27.0. The summed E-state index contributed by atoms with van der Waals surface area (Å²) >= 11 is 0. The third-order valence-electron chi connectivity index (χ3n) is 1.16. The Kier molecular flexibility index (Phi) is 2.17. The van der Waals surface area contributed by atoms with E-state index in [1.165, 1.54) is 0 Å². The molecule has 0 saturated heterocycles. The van der Waals surface area contributed by atoms with E-state index in [2.05, 4.69) is 9.97 Å². The maximum Gasteiger partial charge on any atom is 0.353 e. The molecule has 0 radical (unpaired) electrons. The molecule has 0 aliphatic rings. The predicted octanol–water partition coefficient (Wildman–Crippen LogP) is -2.08. The summed E-state index contributed by atoms with van der Waals surface area (Å²) in [6.45, 7) is -0.281. The Bertz CT molecular complexity index is 311. The quantitative estimate of drug-likeness (QED) is 0.516. The maximum atomic E-state index is 10.8. The molecule has 0 aromatic carbocycles. The van der Waals surface area contributed by atoms with Crippen molar-refractivity contribution >= 4 is 0 Å². The van der Waals surface area contributed by atoms with Gasteiger partial charge in [-0.05, 0) is 0 Å². The molecule has 0 saturated carbocycles. The zero-order chi connectivity index (χ0) is 8.27. The van der Waals surface area contributed by atoms with E-state index >= 15 is 0 Å². The Balaban J connectivity index is 3.22. The molecule has 0 aliphatic heterocycles. The van der Waals surface area contributed by atoms with Crippen LogP contribution in [0.15, 0.2) is 15.9 Å². The van der Waals surface area contributed by atoms with E-state index in [9.17, 15) is 9.59 Å². The Hall–Kier alpha value is -1.43. The lowest BCUT2D eigenvalue weighted by molar-refractivity contribution is 0.270. The summed E-state index contributed by atoms with van der Waals surface area (Å²) in [5.41, 5.74) is -1.21. The van der Waals surface area contributed by atoms with E-state index in [0.717, 1.165) is 10.9 Å². The van der Waals surface area contributed by atoms with Crippen LogP contribution in [0.25, 0.3) is 0 Å². The molecule has 1 rings (SSSR count). The molecule has 11 heavy (non-hydrogen) atoms. The van der Waals surface area contributed by atoms with Crippen LogP contribution in [-0.2, 0) is 6.54 Å². The second-order valence-corrected chi connectivity index (χ2v) is 1.87. The summed E-state index contributed by atoms with van der Waals surface area (Å²) in [6, 6.07) is 0. The van der Waals surface area contributed by atoms with E-state index in [1.807, 2.05) is 0 Å². The standard InChI is InChI=1S/C5H7N3O3/c9-2-1-8-4(10)6-3-7-5(8)11/h3,9H,1-2H2,(H,6,7,10,11). The van der Waals surface area contributed by atoms with E-state index < -0.39 is 11.4 Å². The van der Waals surface area contributed by atoms with E-state index in [4.69, 9.17) is 5.11 Å². The highest BCUT2D eigenvalue weighted by Crippen LogP contribution is 1.65. The third kappa shape index (κ3) is 1.53. The minimum Gasteiger partial charge on any atom is -0.395 e. The monoisotopic (exact) mass is 157 g/mol. The molecule has 0 aliphatic carbocycles. The van der Waals surface area contributed by atoms with Gasteiger partial charge < -0.3 is 5.11 Å². The van der Waals surface area contributed by atoms with Crippen molar-refractivity contribution in [2.24, 2.45) is 0 Å². The first-order chi connectivity index (χ1) is 5.25. The zero-order valence-electron chi connectivity index (χ0n) is 5.65. The van der Waals surface area contributed by atoms with Gasteiger partial charge in [0.25, 0.3) is 0 Å². The number of aliphatic hydroxyl groups is 1. The number of H-pyrrole nitrogens is 1. The van der Waals surface area contributed by atoms with Crippen molar-refractivity contribution in [3.05, 3.63) is 27.3 Å². The topological polar surface area (TPSA) is 88.0 Å². The lowest BCUT2D eigenvalue weighted by Crippen LogP contribution is -2.37. The number of aliphatic hydroxyl groups excluding tert-OH is 1. The van der Waals surface area contributed by atoms with Gasteiger partial charge in [-0.15, -0.1) is 0 Å². The molecule has 1 aromatic heterocycles. The second-order valence-electron chi connectivity index (χ2n) is 1.87. The summed E-state index contributed by atoms with van der Waals surface area (Å²) in [7, 11) is 0. The predicted molar refractivity (Wildman–Crippen MR) is 36.2 cm³/mol. The molecule has 0 unspecified atom stereocenters. The molecule has 1 heterocycles. The molecule has 0 spiro atoms. The van der Waals surface area contributed by atoms with Crippen LogP contribution < -0.4 is 11.4 Å². The van der Waals surface area contributed by atoms with Crippen LogP contribution in [0.1, 0.15) is 0 Å². The van der Waals surface area contributed by atoms with Gasteiger partial charge in [0, 0.05) is 0 Å². The highest BCUT2D eigenvalue weighted by Gasteiger charge is 1.97. The average molecular weight is 157 g/mol. The van der Waals surface area contributed by atoms with Crippen molar-refractivity contribution in [2.75, 3.05) is 6.61 Å². The summed E-state index contributed by atoms with van der Waals surface area (Å²) in [5, 5.41) is 8.43. The lowest BCUT2D eigenvalue weighted by atomic mass is 10.7. The van der Waals surface area contributed by atoms with Gasteiger partial charge in [-0.3, -0.25) is 4.98 Å². The molecule has 0 amide bonds. The number of hydrogen-bond donors (Lipinski definition) is 2. The number of nitrogens with one attached hydrogen (secondary N) is 1. The second kappa shape index (κ2) is 3.11. The van der Waals surface area contributed by atoms with Crippen LogP contribution in [0.4, 0.5) is 0 Å². The molecule has 6 heteroatoms. The molecular formula is C5H7N3O3. The molecular weight excluding hydrogens is 150 g/mol. The Morgan fingerprint density at radius 1 is 1.64 bits per heavy atom. The summed E-state index contributed by atoms with van der Waals surface area (Å²) in [5.74, 6) is 0. The molecule has 0 fully saturated rings. The fourth-order valence-electron chi connectivity index (χ4n) is 0.674. The first-order valence-corrected chi connectivity index (χ1v) is 3.01. The van der Waals surface area contributed by atoms with Crippen LogP contribution in [-0.4, -0.2) is 26.2 Å². The van der Waals surface area contributed by atoms with Crippen molar-refractivity contribution in [1.82, 2.24) is 14.5 Å². The number of aromatic nitrogens is 3. The first-order valence-electron chi connectivity index (χ1n) is 3.01. The van der Waals surface area contributed by atoms with Gasteiger partial charge in [0.15, 0.2) is 0 Å². The third-order valence-corrected chi connectivity index (χ3v) is 1.16. The van der Waals surface area contributed by atoms with Crippen molar-refractivity contribution in [1.29, 1.82) is 0 Å². The smallest absolute Gasteiger partial charge is 0.353 e. The van der Waals surface area contributed by atoms with Gasteiger partial charge in [0.05, 0.1) is 13.2 Å². The zero-order valence-corrected chi connectivity index (χ0v) is 5.65. The van der Waals surface area contributed by atoms with E-state index in [-0.39, 0.29) is 13.2 Å². The molecule has 1 aromatic rings. The summed E-state index contributed by atoms with van der Waals surface area (Å²) < 4.78 is 0.819.